The van der Waals surface area contributed by atoms with Crippen LogP contribution in [0.15, 0.2) is 11.9 Å². The zero-order chi connectivity index (χ0) is 5.11. The van der Waals surface area contributed by atoms with Gasteiger partial charge in [0, 0.05) is 0 Å². The molecule has 7 heavy (non-hydrogen) atoms. The second-order valence-electron chi connectivity index (χ2n) is 1.05. The van der Waals surface area contributed by atoms with Crippen LogP contribution >= 0.6 is 8.35 Å². The van der Waals surface area contributed by atoms with Crippen molar-refractivity contribution in [2.75, 3.05) is 5.73 Å². The minimum Gasteiger partial charge on any atom is -0.382 e. The van der Waals surface area contributed by atoms with Gasteiger partial charge in [0.25, 0.3) is 0 Å². The Bertz CT molecular complexity index is 140. The van der Waals surface area contributed by atoms with Crippen LogP contribution in [0.2, 0.25) is 0 Å². The molecular weight excluding hydrogens is 109 g/mol. The Morgan fingerprint density at radius 3 is 2.86 bits per heavy atom. The summed E-state index contributed by atoms with van der Waals surface area (Å²) in [6, 6.07) is 1.73. The maximum Gasteiger partial charge on any atom is 0.146 e. The fourth-order valence-electron chi connectivity index (χ4n) is 0.250. The van der Waals surface area contributed by atoms with E-state index >= 15 is 0 Å². The molecule has 1 aromatic heterocycles. The highest BCUT2D eigenvalue weighted by molar-refractivity contribution is 7.24. The van der Waals surface area contributed by atoms with Crippen LogP contribution in [0, 0.1) is 0 Å². The fourth-order valence-corrected chi connectivity index (χ4v) is 0.684. The van der Waals surface area contributed by atoms with Gasteiger partial charge in [-0.15, -0.1) is 9.96 Å². The molecule has 0 unspecified atom stereocenters. The molecule has 0 aromatic carbocycles. The van der Waals surface area contributed by atoms with Crippen molar-refractivity contribution >= 4 is 14.2 Å². The predicted molar refractivity (Wildman–Crippen MR) is 29.0 cm³/mol. The van der Waals surface area contributed by atoms with Gasteiger partial charge < -0.3 is 5.73 Å². The summed E-state index contributed by atoms with van der Waals surface area (Å²) in [4.78, 5) is 3.61. The molecule has 0 saturated carbocycles. The van der Waals surface area contributed by atoms with Crippen LogP contribution in [0.4, 0.5) is 5.82 Å². The molecule has 0 aliphatic carbocycles. The van der Waals surface area contributed by atoms with Crippen molar-refractivity contribution in [2.45, 2.75) is 0 Å². The zero-order valence-electron chi connectivity index (χ0n) is 3.57. The highest BCUT2D eigenvalue weighted by Crippen LogP contribution is 1.96. The Balaban J connectivity index is 3.02. The van der Waals surface area contributed by atoms with E-state index in [0.717, 1.165) is 8.35 Å². The van der Waals surface area contributed by atoms with Crippen molar-refractivity contribution in [2.24, 2.45) is 0 Å². The van der Waals surface area contributed by atoms with E-state index in [2.05, 4.69) is 9.96 Å². The number of aromatic nitrogens is 2. The smallest absolute Gasteiger partial charge is 0.146 e. The lowest BCUT2D eigenvalue weighted by Gasteiger charge is -1.80. The van der Waals surface area contributed by atoms with Gasteiger partial charge in [0.1, 0.15) is 5.82 Å². The second-order valence-corrected chi connectivity index (χ2v) is 1.75. The highest BCUT2D eigenvalue weighted by atomic mass is 31.0. The molecule has 0 amide bonds. The first-order valence-electron chi connectivity index (χ1n) is 1.79. The van der Waals surface area contributed by atoms with Crippen LogP contribution in [0.1, 0.15) is 0 Å². The molecule has 1 rings (SSSR count). The third-order valence-electron chi connectivity index (χ3n) is 0.524. The lowest BCUT2D eigenvalue weighted by atomic mass is 10.7. The molecule has 0 aliphatic rings. The lowest BCUT2D eigenvalue weighted by molar-refractivity contribution is 1.14. The molecule has 0 fully saturated rings. The summed E-state index contributed by atoms with van der Waals surface area (Å²) in [5.41, 5.74) is 5.20. The Labute approximate surface area is 42.7 Å². The minimum absolute atomic E-state index is 0.485. The van der Waals surface area contributed by atoms with E-state index in [1.54, 1.807) is 6.07 Å². The molecule has 0 saturated heterocycles. The van der Waals surface area contributed by atoms with E-state index in [1.165, 1.54) is 0 Å². The standard InChI is InChI=1S/C3H4N3P/c4-3-1-2-7-6-5-3/h1-2H,(H2,4,5). The van der Waals surface area contributed by atoms with Gasteiger partial charge in [0.05, 0.1) is 8.35 Å². The number of hydrogen-bond donors (Lipinski definition) is 1. The molecule has 1 heterocycles. The monoisotopic (exact) mass is 113 g/mol. The Morgan fingerprint density at radius 2 is 2.57 bits per heavy atom. The Morgan fingerprint density at radius 1 is 1.71 bits per heavy atom. The average molecular weight is 113 g/mol. The van der Waals surface area contributed by atoms with Crippen LogP contribution in [0.25, 0.3) is 0 Å². The van der Waals surface area contributed by atoms with Crippen LogP contribution < -0.4 is 5.73 Å². The second kappa shape index (κ2) is 1.85. The van der Waals surface area contributed by atoms with E-state index in [9.17, 15) is 0 Å². The normalized spacial score (nSPS) is 9.71. The molecule has 0 aliphatic heterocycles. The predicted octanol–water partition coefficient (Wildman–Crippen LogP) is 0.639. The van der Waals surface area contributed by atoms with Crippen molar-refractivity contribution < 1.29 is 0 Å². The number of nitrogen functional groups attached to an aromatic ring is 1. The highest BCUT2D eigenvalue weighted by Gasteiger charge is 1.76. The van der Waals surface area contributed by atoms with Gasteiger partial charge in [0.2, 0.25) is 0 Å². The third kappa shape index (κ3) is 1.09. The maximum atomic E-state index is 5.20. The quantitative estimate of drug-likeness (QED) is 0.537. The van der Waals surface area contributed by atoms with Gasteiger partial charge >= 0.3 is 0 Å². The van der Waals surface area contributed by atoms with Gasteiger partial charge in [-0.1, -0.05) is 0 Å². The number of anilines is 1. The first-order chi connectivity index (χ1) is 3.39. The topological polar surface area (TPSA) is 51.8 Å². The molecular formula is C3H4N3P. The summed E-state index contributed by atoms with van der Waals surface area (Å²) in [6.07, 6.45) is 0. The van der Waals surface area contributed by atoms with Crippen molar-refractivity contribution in [3.8, 4) is 0 Å². The van der Waals surface area contributed by atoms with E-state index in [-0.39, 0.29) is 0 Å². The fraction of sp³-hybridized carbons (Fsp3) is 0. The molecule has 0 spiro atoms. The van der Waals surface area contributed by atoms with Gasteiger partial charge in [0.15, 0.2) is 0 Å². The summed E-state index contributed by atoms with van der Waals surface area (Å²) >= 11 is 0. The summed E-state index contributed by atoms with van der Waals surface area (Å²) < 4.78 is 0. The van der Waals surface area contributed by atoms with Crippen LogP contribution in [0.3, 0.4) is 0 Å². The zero-order valence-corrected chi connectivity index (χ0v) is 4.47. The van der Waals surface area contributed by atoms with Crippen molar-refractivity contribution in [1.82, 2.24) is 9.96 Å². The van der Waals surface area contributed by atoms with E-state index in [1.807, 2.05) is 5.80 Å². The first kappa shape index (κ1) is 4.47. The largest absolute Gasteiger partial charge is 0.382 e. The summed E-state index contributed by atoms with van der Waals surface area (Å²) in [5, 5.41) is 3.55. The van der Waals surface area contributed by atoms with E-state index < -0.39 is 0 Å². The summed E-state index contributed by atoms with van der Waals surface area (Å²) in [6.45, 7) is 0. The minimum atomic E-state index is 0.485. The molecule has 0 atom stereocenters. The average Bonchev–Trinajstić information content (AvgIpc) is 1.69. The molecule has 4 heteroatoms. The molecule has 36 valence electrons. The van der Waals surface area contributed by atoms with Crippen LogP contribution in [-0.2, 0) is 0 Å². The molecule has 2 N–H and O–H groups in total. The molecule has 1 aromatic rings. The molecule has 0 radical (unpaired) electrons. The number of nitrogens with zero attached hydrogens (tertiary/aromatic N) is 2. The molecule has 3 nitrogen and oxygen atoms in total. The van der Waals surface area contributed by atoms with Gasteiger partial charge in [-0.3, -0.25) is 0 Å². The van der Waals surface area contributed by atoms with Gasteiger partial charge in [-0.05, 0) is 11.9 Å². The van der Waals surface area contributed by atoms with Gasteiger partial charge in [-0.2, -0.15) is 0 Å². The van der Waals surface area contributed by atoms with Crippen molar-refractivity contribution in [1.29, 1.82) is 0 Å². The Hall–Kier alpha value is -0.690. The third-order valence-corrected chi connectivity index (χ3v) is 0.999. The SMILES string of the molecule is Nc1ccpnn1. The first-order valence-corrected chi connectivity index (χ1v) is 2.71. The Kier molecular flexibility index (Phi) is 1.18. The lowest BCUT2D eigenvalue weighted by Crippen LogP contribution is -1.86. The summed E-state index contributed by atoms with van der Waals surface area (Å²) in [5.74, 6) is 2.32. The van der Waals surface area contributed by atoms with E-state index in [0.29, 0.717) is 5.82 Å². The maximum absolute atomic E-state index is 5.20. The van der Waals surface area contributed by atoms with E-state index in [4.69, 9.17) is 5.73 Å². The number of rotatable bonds is 0. The van der Waals surface area contributed by atoms with Crippen LogP contribution in [0.5, 0.6) is 0 Å². The van der Waals surface area contributed by atoms with Gasteiger partial charge in [-0.25, -0.2) is 0 Å². The molecule has 0 bridgehead atoms. The van der Waals surface area contributed by atoms with Crippen molar-refractivity contribution in [3.05, 3.63) is 11.9 Å². The van der Waals surface area contributed by atoms with Crippen molar-refractivity contribution in [3.63, 3.8) is 0 Å². The van der Waals surface area contributed by atoms with Crippen LogP contribution in [-0.4, -0.2) is 9.96 Å². The number of hydrogen-bond acceptors (Lipinski definition) is 3. The number of nitrogens with two attached hydrogens (primary N) is 1. The summed E-state index contributed by atoms with van der Waals surface area (Å²) in [7, 11) is 0.870.